The van der Waals surface area contributed by atoms with Crippen LogP contribution in [-0.4, -0.2) is 35.7 Å². The third-order valence-corrected chi connectivity index (χ3v) is 5.04. The van der Waals surface area contributed by atoms with Gasteiger partial charge < -0.3 is 5.43 Å². The summed E-state index contributed by atoms with van der Waals surface area (Å²) in [4.78, 5) is 3.87. The molecule has 0 aliphatic carbocycles. The molecule has 0 amide bonds. The first-order valence-corrected chi connectivity index (χ1v) is 8.22. The van der Waals surface area contributed by atoms with Crippen LogP contribution in [0.1, 0.15) is 6.92 Å². The molecule has 0 radical (unpaired) electrons. The van der Waals surface area contributed by atoms with Crippen LogP contribution in [0, 0.1) is 0 Å². The lowest BCUT2D eigenvalue weighted by molar-refractivity contribution is 0.580. The smallest absolute Gasteiger partial charge is 0.240 e. The van der Waals surface area contributed by atoms with Crippen molar-refractivity contribution in [1.82, 2.24) is 9.71 Å². The van der Waals surface area contributed by atoms with Crippen molar-refractivity contribution < 1.29 is 12.6 Å². The van der Waals surface area contributed by atoms with E-state index in [1.165, 1.54) is 24.6 Å². The van der Waals surface area contributed by atoms with Gasteiger partial charge in [-0.1, -0.05) is 0 Å². The van der Waals surface area contributed by atoms with Crippen molar-refractivity contribution in [2.75, 3.05) is 18.2 Å². The van der Waals surface area contributed by atoms with Crippen LogP contribution in [0.15, 0.2) is 23.2 Å². The second kappa shape index (κ2) is 6.23. The lowest BCUT2D eigenvalue weighted by atomic mass is 10.5. The summed E-state index contributed by atoms with van der Waals surface area (Å²) in [5.74, 6) is 5.41. The quantitative estimate of drug-likeness (QED) is 0.477. The van der Waals surface area contributed by atoms with Crippen LogP contribution in [0.5, 0.6) is 0 Å². The van der Waals surface area contributed by atoms with E-state index < -0.39 is 20.8 Å². The van der Waals surface area contributed by atoms with Gasteiger partial charge in [0.2, 0.25) is 10.0 Å². The van der Waals surface area contributed by atoms with Crippen molar-refractivity contribution in [3.05, 3.63) is 18.3 Å². The van der Waals surface area contributed by atoms with Crippen LogP contribution in [0.2, 0.25) is 0 Å². The Hall–Kier alpha value is -1.03. The number of hydrogen-bond donors (Lipinski definition) is 3. The molecular weight excluding hydrogens is 276 g/mol. The maximum Gasteiger partial charge on any atom is 0.240 e. The molecular formula is C9H16N4O3S2. The molecule has 1 rings (SSSR count). The fraction of sp³-hybridized carbons (Fsp3) is 0.444. The van der Waals surface area contributed by atoms with Gasteiger partial charge in [0.05, 0.1) is 4.90 Å². The number of hydrazine groups is 1. The van der Waals surface area contributed by atoms with Crippen molar-refractivity contribution in [2.45, 2.75) is 17.1 Å². The molecule has 0 bridgehead atoms. The zero-order valence-corrected chi connectivity index (χ0v) is 11.7. The van der Waals surface area contributed by atoms with Crippen LogP contribution >= 0.6 is 0 Å². The number of hydrogen-bond acceptors (Lipinski definition) is 6. The average Bonchev–Trinajstić information content (AvgIpc) is 2.36. The van der Waals surface area contributed by atoms with Crippen molar-refractivity contribution in [1.29, 1.82) is 0 Å². The fourth-order valence-electron chi connectivity index (χ4n) is 1.08. The lowest BCUT2D eigenvalue weighted by Crippen LogP contribution is -2.32. The maximum absolute atomic E-state index is 11.9. The first-order valence-electron chi connectivity index (χ1n) is 5.11. The predicted molar refractivity (Wildman–Crippen MR) is 70.8 cm³/mol. The third-order valence-electron chi connectivity index (χ3n) is 2.32. The molecule has 1 aromatic rings. The van der Waals surface area contributed by atoms with E-state index in [4.69, 9.17) is 5.84 Å². The average molecular weight is 292 g/mol. The minimum atomic E-state index is -3.64. The molecule has 0 spiro atoms. The van der Waals surface area contributed by atoms with E-state index in [1.807, 2.05) is 0 Å². The van der Waals surface area contributed by atoms with Gasteiger partial charge in [-0.3, -0.25) is 4.21 Å². The van der Waals surface area contributed by atoms with E-state index in [0.717, 1.165) is 0 Å². The summed E-state index contributed by atoms with van der Waals surface area (Å²) < 4.78 is 37.4. The minimum absolute atomic E-state index is 0.0551. The summed E-state index contributed by atoms with van der Waals surface area (Å²) in [5, 5.41) is -0.256. The Morgan fingerprint density at radius 2 is 2.22 bits per heavy atom. The Balaban J connectivity index is 2.83. The van der Waals surface area contributed by atoms with E-state index >= 15 is 0 Å². The Morgan fingerprint density at radius 1 is 1.56 bits per heavy atom. The van der Waals surface area contributed by atoms with Gasteiger partial charge in [-0.2, -0.15) is 0 Å². The van der Waals surface area contributed by atoms with Gasteiger partial charge in [0.15, 0.2) is 0 Å². The summed E-state index contributed by atoms with van der Waals surface area (Å²) in [6.45, 7) is 1.82. The Kier molecular flexibility index (Phi) is 5.20. The summed E-state index contributed by atoms with van der Waals surface area (Å²) >= 11 is 0. The molecule has 102 valence electrons. The largest absolute Gasteiger partial charge is 0.308 e. The zero-order chi connectivity index (χ0) is 13.8. The number of pyridine rings is 1. The summed E-state index contributed by atoms with van der Waals surface area (Å²) in [6.07, 6.45) is 2.87. The van der Waals surface area contributed by atoms with Gasteiger partial charge in [0.1, 0.15) is 5.82 Å². The van der Waals surface area contributed by atoms with Gasteiger partial charge >= 0.3 is 0 Å². The van der Waals surface area contributed by atoms with Gasteiger partial charge in [-0.25, -0.2) is 24.0 Å². The van der Waals surface area contributed by atoms with Gasteiger partial charge in [0.25, 0.3) is 0 Å². The highest BCUT2D eigenvalue weighted by Gasteiger charge is 2.17. The molecule has 2 unspecified atom stereocenters. The highest BCUT2D eigenvalue weighted by atomic mass is 32.2. The van der Waals surface area contributed by atoms with Crippen molar-refractivity contribution in [3.63, 3.8) is 0 Å². The molecule has 0 fully saturated rings. The first kappa shape index (κ1) is 15.0. The summed E-state index contributed by atoms with van der Waals surface area (Å²) in [7, 11) is -4.72. The number of sulfonamides is 1. The van der Waals surface area contributed by atoms with Crippen LogP contribution in [0.25, 0.3) is 0 Å². The molecule has 18 heavy (non-hydrogen) atoms. The second-order valence-electron chi connectivity index (χ2n) is 3.68. The molecule has 1 aromatic heterocycles. The maximum atomic E-state index is 11.9. The SMILES string of the molecule is CC(CNS(=O)(=O)c1ccnc(NN)c1)S(C)=O. The monoisotopic (exact) mass is 292 g/mol. The number of nitrogens with zero attached hydrogens (tertiary/aromatic N) is 1. The van der Waals surface area contributed by atoms with E-state index in [-0.39, 0.29) is 22.5 Å². The summed E-state index contributed by atoms with van der Waals surface area (Å²) in [5.41, 5.74) is 2.27. The van der Waals surface area contributed by atoms with E-state index in [2.05, 4.69) is 15.1 Å². The Labute approximate surface area is 109 Å². The molecule has 0 aliphatic rings. The second-order valence-corrected chi connectivity index (χ2v) is 7.25. The third kappa shape index (κ3) is 4.02. The number of nitrogens with one attached hydrogen (secondary N) is 2. The number of nitrogens with two attached hydrogens (primary N) is 1. The van der Waals surface area contributed by atoms with Crippen LogP contribution < -0.4 is 16.0 Å². The predicted octanol–water partition coefficient (Wildman–Crippen LogP) is -0.587. The molecule has 9 heteroatoms. The molecule has 2 atom stereocenters. The van der Waals surface area contributed by atoms with Crippen LogP contribution in [0.4, 0.5) is 5.82 Å². The molecule has 7 nitrogen and oxygen atoms in total. The highest BCUT2D eigenvalue weighted by Crippen LogP contribution is 2.11. The van der Waals surface area contributed by atoms with Gasteiger partial charge in [-0.15, -0.1) is 0 Å². The number of nitrogen functional groups attached to an aromatic ring is 1. The summed E-state index contributed by atoms with van der Waals surface area (Å²) in [6, 6.07) is 2.67. The Bertz CT molecular complexity index is 532. The highest BCUT2D eigenvalue weighted by molar-refractivity contribution is 7.89. The minimum Gasteiger partial charge on any atom is -0.308 e. The Morgan fingerprint density at radius 3 is 2.78 bits per heavy atom. The van der Waals surface area contributed by atoms with Crippen LogP contribution in [-0.2, 0) is 20.8 Å². The molecule has 0 aliphatic heterocycles. The zero-order valence-electron chi connectivity index (χ0n) is 10.1. The molecule has 4 N–H and O–H groups in total. The topological polar surface area (TPSA) is 114 Å². The number of rotatable bonds is 6. The lowest BCUT2D eigenvalue weighted by Gasteiger charge is -2.11. The van der Waals surface area contributed by atoms with E-state index in [9.17, 15) is 12.6 Å². The molecule has 0 aromatic carbocycles. The fourth-order valence-corrected chi connectivity index (χ4v) is 2.65. The molecule has 1 heterocycles. The first-order chi connectivity index (χ1) is 8.36. The molecule has 0 saturated heterocycles. The van der Waals surface area contributed by atoms with Gasteiger partial charge in [-0.05, 0) is 13.0 Å². The molecule has 0 saturated carbocycles. The normalized spacial score (nSPS) is 15.1. The standard InChI is InChI=1S/C9H16N4O3S2/c1-7(17(2)14)6-12-18(15,16)8-3-4-11-9(5-8)13-10/h3-5,7,12H,6,10H2,1-2H3,(H,11,13). The van der Waals surface area contributed by atoms with Crippen molar-refractivity contribution in [3.8, 4) is 0 Å². The van der Waals surface area contributed by atoms with E-state index in [1.54, 1.807) is 6.92 Å². The number of anilines is 1. The number of aromatic nitrogens is 1. The van der Waals surface area contributed by atoms with Crippen LogP contribution in [0.3, 0.4) is 0 Å². The van der Waals surface area contributed by atoms with Crippen molar-refractivity contribution >= 4 is 26.6 Å². The van der Waals surface area contributed by atoms with E-state index in [0.29, 0.717) is 0 Å². The van der Waals surface area contributed by atoms with Crippen molar-refractivity contribution in [2.24, 2.45) is 5.84 Å². The van der Waals surface area contributed by atoms with Gasteiger partial charge in [0, 0.05) is 41.1 Å².